The Labute approximate surface area is 177 Å². The molecule has 3 aromatic rings. The fraction of sp³-hybridized carbons (Fsp3) is 0.360. The number of fused-ring (bicyclic) bond motifs is 1. The van der Waals surface area contributed by atoms with Gasteiger partial charge in [-0.05, 0) is 49.4 Å². The average molecular weight is 402 g/mol. The molecule has 0 atom stereocenters. The summed E-state index contributed by atoms with van der Waals surface area (Å²) in [5, 5.41) is 14.1. The van der Waals surface area contributed by atoms with Gasteiger partial charge < -0.3 is 14.8 Å². The highest BCUT2D eigenvalue weighted by Crippen LogP contribution is 2.29. The van der Waals surface area contributed by atoms with E-state index in [2.05, 4.69) is 66.6 Å². The van der Waals surface area contributed by atoms with Crippen LogP contribution >= 0.6 is 0 Å². The molecular weight excluding hydrogens is 374 g/mol. The number of anilines is 1. The van der Waals surface area contributed by atoms with Crippen molar-refractivity contribution in [3.63, 3.8) is 0 Å². The Balaban J connectivity index is 1.51. The molecule has 1 N–H and O–H groups in total. The van der Waals surface area contributed by atoms with Crippen molar-refractivity contribution in [3.8, 4) is 6.07 Å². The highest BCUT2D eigenvalue weighted by molar-refractivity contribution is 5.96. The minimum atomic E-state index is 0.286. The van der Waals surface area contributed by atoms with Gasteiger partial charge in [-0.3, -0.25) is 4.98 Å². The second-order valence-electron chi connectivity index (χ2n) is 7.93. The highest BCUT2D eigenvalue weighted by atomic mass is 16.5. The minimum absolute atomic E-state index is 0.286. The van der Waals surface area contributed by atoms with Gasteiger partial charge in [-0.2, -0.15) is 5.26 Å². The first-order valence-corrected chi connectivity index (χ1v) is 10.4. The van der Waals surface area contributed by atoms with Crippen LogP contribution in [0.1, 0.15) is 40.7 Å². The number of ether oxygens (including phenoxy) is 2. The lowest BCUT2D eigenvalue weighted by molar-refractivity contribution is -0.0390. The fourth-order valence-corrected chi connectivity index (χ4v) is 4.01. The Hall–Kier alpha value is -2.94. The molecule has 0 amide bonds. The van der Waals surface area contributed by atoms with Crippen LogP contribution < -0.4 is 5.32 Å². The minimum Gasteiger partial charge on any atom is -0.381 e. The van der Waals surface area contributed by atoms with Gasteiger partial charge in [-0.15, -0.1) is 0 Å². The van der Waals surface area contributed by atoms with Gasteiger partial charge in [0, 0.05) is 31.3 Å². The summed E-state index contributed by atoms with van der Waals surface area (Å²) < 4.78 is 11.4. The van der Waals surface area contributed by atoms with Gasteiger partial charge in [-0.1, -0.05) is 35.9 Å². The van der Waals surface area contributed by atoms with E-state index in [1.165, 1.54) is 0 Å². The first kappa shape index (κ1) is 20.3. The summed E-state index contributed by atoms with van der Waals surface area (Å²) in [6.07, 6.45) is 3.87. The van der Waals surface area contributed by atoms with E-state index in [1.54, 1.807) is 6.20 Å². The van der Waals surface area contributed by atoms with E-state index in [4.69, 9.17) is 9.47 Å². The number of aryl methyl sites for hydroxylation is 2. The maximum Gasteiger partial charge on any atom is 0.103 e. The van der Waals surface area contributed by atoms with Gasteiger partial charge >= 0.3 is 0 Å². The standard InChI is InChI=1S/C25H27N3O2/c1-17-10-18(2)24-23(11-17)25(21(13-26)15-28-24)27-14-19-4-3-5-20(12-19)16-30-22-6-8-29-9-7-22/h3-5,10-12,15,22H,6-9,14,16H2,1-2H3,(H,27,28). The van der Waals surface area contributed by atoms with Gasteiger partial charge in [0.05, 0.1) is 29.5 Å². The molecule has 2 heterocycles. The molecule has 154 valence electrons. The van der Waals surface area contributed by atoms with Crippen LogP contribution in [0.5, 0.6) is 0 Å². The van der Waals surface area contributed by atoms with Gasteiger partial charge in [-0.25, -0.2) is 0 Å². The monoisotopic (exact) mass is 401 g/mol. The normalized spacial score (nSPS) is 14.6. The van der Waals surface area contributed by atoms with Crippen LogP contribution in [0.2, 0.25) is 0 Å². The largest absolute Gasteiger partial charge is 0.381 e. The number of nitrogens with zero attached hydrogens (tertiary/aromatic N) is 2. The number of hydrogen-bond acceptors (Lipinski definition) is 5. The Kier molecular flexibility index (Phi) is 6.27. The van der Waals surface area contributed by atoms with Crippen molar-refractivity contribution >= 4 is 16.6 Å². The molecule has 0 radical (unpaired) electrons. The van der Waals surface area contributed by atoms with E-state index >= 15 is 0 Å². The Morgan fingerprint density at radius 1 is 1.17 bits per heavy atom. The van der Waals surface area contributed by atoms with Crippen molar-refractivity contribution in [1.29, 1.82) is 5.26 Å². The van der Waals surface area contributed by atoms with E-state index in [0.29, 0.717) is 18.7 Å². The van der Waals surface area contributed by atoms with Gasteiger partial charge in [0.1, 0.15) is 6.07 Å². The quantitative estimate of drug-likeness (QED) is 0.627. The smallest absolute Gasteiger partial charge is 0.103 e. The molecule has 0 bridgehead atoms. The van der Waals surface area contributed by atoms with Gasteiger partial charge in [0.25, 0.3) is 0 Å². The molecule has 1 saturated heterocycles. The highest BCUT2D eigenvalue weighted by Gasteiger charge is 2.14. The third-order valence-electron chi connectivity index (χ3n) is 5.54. The Morgan fingerprint density at radius 2 is 1.97 bits per heavy atom. The Bertz CT molecular complexity index is 1080. The predicted molar refractivity (Wildman–Crippen MR) is 118 cm³/mol. The molecule has 2 aromatic carbocycles. The molecule has 0 spiro atoms. The molecule has 30 heavy (non-hydrogen) atoms. The summed E-state index contributed by atoms with van der Waals surface area (Å²) >= 11 is 0. The zero-order valence-corrected chi connectivity index (χ0v) is 17.6. The maximum absolute atomic E-state index is 9.60. The van der Waals surface area contributed by atoms with Crippen LogP contribution in [-0.2, 0) is 22.6 Å². The van der Waals surface area contributed by atoms with Crippen molar-refractivity contribution in [3.05, 3.63) is 70.4 Å². The number of benzene rings is 2. The maximum atomic E-state index is 9.60. The van der Waals surface area contributed by atoms with Crippen molar-refractivity contribution < 1.29 is 9.47 Å². The van der Waals surface area contributed by atoms with Crippen LogP contribution in [0, 0.1) is 25.2 Å². The topological polar surface area (TPSA) is 67.2 Å². The molecule has 0 aliphatic carbocycles. The summed E-state index contributed by atoms with van der Waals surface area (Å²) in [6.45, 7) is 6.94. The predicted octanol–water partition coefficient (Wildman–Crippen LogP) is 5.03. The average Bonchev–Trinajstić information content (AvgIpc) is 2.77. The van der Waals surface area contributed by atoms with E-state index in [0.717, 1.165) is 64.9 Å². The third kappa shape index (κ3) is 4.62. The van der Waals surface area contributed by atoms with E-state index in [1.807, 2.05) is 0 Å². The molecule has 4 rings (SSSR count). The van der Waals surface area contributed by atoms with Crippen LogP contribution in [-0.4, -0.2) is 24.3 Å². The van der Waals surface area contributed by atoms with E-state index < -0.39 is 0 Å². The van der Waals surface area contributed by atoms with Crippen molar-refractivity contribution in [2.75, 3.05) is 18.5 Å². The molecular formula is C25H27N3O2. The third-order valence-corrected chi connectivity index (χ3v) is 5.54. The van der Waals surface area contributed by atoms with Crippen molar-refractivity contribution in [1.82, 2.24) is 4.98 Å². The molecule has 0 saturated carbocycles. The molecule has 1 aromatic heterocycles. The van der Waals surface area contributed by atoms with Crippen LogP contribution in [0.3, 0.4) is 0 Å². The SMILES string of the molecule is Cc1cc(C)c2ncc(C#N)c(NCc3cccc(COC4CCOCC4)c3)c2c1. The molecule has 1 fully saturated rings. The van der Waals surface area contributed by atoms with Crippen LogP contribution in [0.15, 0.2) is 42.6 Å². The fourth-order valence-electron chi connectivity index (χ4n) is 4.01. The molecule has 5 nitrogen and oxygen atoms in total. The second kappa shape index (κ2) is 9.25. The number of nitriles is 1. The zero-order chi connectivity index (χ0) is 20.9. The molecule has 1 aliphatic heterocycles. The summed E-state index contributed by atoms with van der Waals surface area (Å²) in [7, 11) is 0. The van der Waals surface area contributed by atoms with E-state index in [9.17, 15) is 5.26 Å². The number of pyridine rings is 1. The van der Waals surface area contributed by atoms with Gasteiger partial charge in [0.2, 0.25) is 0 Å². The van der Waals surface area contributed by atoms with Crippen LogP contribution in [0.4, 0.5) is 5.69 Å². The first-order valence-electron chi connectivity index (χ1n) is 10.4. The summed E-state index contributed by atoms with van der Waals surface area (Å²) in [6, 6.07) is 14.9. The van der Waals surface area contributed by atoms with Gasteiger partial charge in [0.15, 0.2) is 0 Å². The first-order chi connectivity index (χ1) is 14.6. The second-order valence-corrected chi connectivity index (χ2v) is 7.93. The summed E-state index contributed by atoms with van der Waals surface area (Å²) in [5.41, 5.74) is 6.93. The number of nitrogens with one attached hydrogen (secondary N) is 1. The number of rotatable bonds is 6. The van der Waals surface area contributed by atoms with Crippen LogP contribution in [0.25, 0.3) is 10.9 Å². The Morgan fingerprint density at radius 3 is 2.77 bits per heavy atom. The molecule has 0 unspecified atom stereocenters. The zero-order valence-electron chi connectivity index (χ0n) is 17.6. The summed E-state index contributed by atoms with van der Waals surface area (Å²) in [4.78, 5) is 4.50. The van der Waals surface area contributed by atoms with E-state index in [-0.39, 0.29) is 6.10 Å². The number of hydrogen-bond donors (Lipinski definition) is 1. The molecule has 5 heteroatoms. The lowest BCUT2D eigenvalue weighted by Gasteiger charge is -2.22. The van der Waals surface area contributed by atoms with Crippen molar-refractivity contribution in [2.24, 2.45) is 0 Å². The number of aromatic nitrogens is 1. The summed E-state index contributed by atoms with van der Waals surface area (Å²) in [5.74, 6) is 0. The lowest BCUT2D eigenvalue weighted by atomic mass is 10.0. The lowest BCUT2D eigenvalue weighted by Crippen LogP contribution is -2.23. The molecule has 1 aliphatic rings. The van der Waals surface area contributed by atoms with Crippen molar-refractivity contribution in [2.45, 2.75) is 45.9 Å².